The topological polar surface area (TPSA) is 77.1 Å². The van der Waals surface area contributed by atoms with Gasteiger partial charge in [0.15, 0.2) is 11.3 Å². The lowest BCUT2D eigenvalue weighted by Gasteiger charge is -2.07. The predicted molar refractivity (Wildman–Crippen MR) is 69.2 cm³/mol. The Morgan fingerprint density at radius 2 is 2.05 bits per heavy atom. The normalized spacial score (nSPS) is 11.8. The number of amides is 1. The van der Waals surface area contributed by atoms with Crippen molar-refractivity contribution < 1.29 is 18.0 Å². The van der Waals surface area contributed by atoms with Crippen molar-refractivity contribution in [1.82, 2.24) is 24.4 Å². The molecule has 0 aliphatic heterocycles. The lowest BCUT2D eigenvalue weighted by Crippen LogP contribution is -2.16. The number of rotatable bonds is 2. The Morgan fingerprint density at radius 3 is 2.77 bits per heavy atom. The van der Waals surface area contributed by atoms with Crippen LogP contribution in [-0.4, -0.2) is 30.3 Å². The van der Waals surface area contributed by atoms with Crippen molar-refractivity contribution in [3.05, 3.63) is 42.1 Å². The molecule has 3 aromatic heterocycles. The Bertz CT molecular complexity index is 850. The zero-order chi connectivity index (χ0) is 15.9. The second-order valence-electron chi connectivity index (χ2n) is 4.53. The van der Waals surface area contributed by atoms with Gasteiger partial charge in [-0.25, -0.2) is 0 Å². The molecular weight excluding hydrogens is 301 g/mol. The SMILES string of the molecule is Cn1cc(NC(=O)c2ccc3nncn3c2)c(C(F)(F)F)n1. The molecule has 0 aromatic carbocycles. The molecule has 3 rings (SSSR count). The summed E-state index contributed by atoms with van der Waals surface area (Å²) in [6, 6.07) is 2.98. The summed E-state index contributed by atoms with van der Waals surface area (Å²) in [7, 11) is 1.34. The highest BCUT2D eigenvalue weighted by molar-refractivity contribution is 6.04. The Labute approximate surface area is 121 Å². The van der Waals surface area contributed by atoms with Crippen LogP contribution in [-0.2, 0) is 13.2 Å². The van der Waals surface area contributed by atoms with Gasteiger partial charge < -0.3 is 5.32 Å². The van der Waals surface area contributed by atoms with E-state index < -0.39 is 23.5 Å². The molecule has 1 amide bonds. The monoisotopic (exact) mass is 310 g/mol. The lowest BCUT2D eigenvalue weighted by atomic mass is 10.2. The molecule has 0 spiro atoms. The second-order valence-corrected chi connectivity index (χ2v) is 4.53. The van der Waals surface area contributed by atoms with E-state index in [-0.39, 0.29) is 5.56 Å². The van der Waals surface area contributed by atoms with Crippen LogP contribution in [0.5, 0.6) is 0 Å². The van der Waals surface area contributed by atoms with E-state index in [2.05, 4.69) is 20.6 Å². The highest BCUT2D eigenvalue weighted by atomic mass is 19.4. The standard InChI is InChI=1S/C12H9F3N6O/c1-20-5-8(10(19-20)12(13,14)15)17-11(22)7-2-3-9-18-16-6-21(9)4-7/h2-6H,1H3,(H,17,22). The quantitative estimate of drug-likeness (QED) is 0.782. The molecular formula is C12H9F3N6O. The number of carbonyl (C=O) groups is 1. The summed E-state index contributed by atoms with van der Waals surface area (Å²) in [4.78, 5) is 12.1. The third-order valence-electron chi connectivity index (χ3n) is 2.90. The van der Waals surface area contributed by atoms with Gasteiger partial charge in [-0.1, -0.05) is 0 Å². The van der Waals surface area contributed by atoms with Crippen LogP contribution in [0.25, 0.3) is 5.65 Å². The van der Waals surface area contributed by atoms with Gasteiger partial charge in [0.05, 0.1) is 11.3 Å². The molecule has 3 heterocycles. The minimum absolute atomic E-state index is 0.171. The Hall–Kier alpha value is -2.91. The fourth-order valence-electron chi connectivity index (χ4n) is 1.95. The van der Waals surface area contributed by atoms with Gasteiger partial charge in [0.25, 0.3) is 5.91 Å². The number of anilines is 1. The minimum Gasteiger partial charge on any atom is -0.319 e. The first-order valence-electron chi connectivity index (χ1n) is 6.06. The number of fused-ring (bicyclic) bond motifs is 1. The molecule has 3 aromatic rings. The van der Waals surface area contributed by atoms with E-state index in [4.69, 9.17) is 0 Å². The van der Waals surface area contributed by atoms with Crippen molar-refractivity contribution in [2.45, 2.75) is 6.18 Å². The van der Waals surface area contributed by atoms with Crippen LogP contribution in [0.2, 0.25) is 0 Å². The molecule has 22 heavy (non-hydrogen) atoms. The molecule has 0 saturated carbocycles. The smallest absolute Gasteiger partial charge is 0.319 e. The number of carbonyl (C=O) groups excluding carboxylic acids is 1. The molecule has 0 aliphatic carbocycles. The molecule has 0 atom stereocenters. The van der Waals surface area contributed by atoms with Gasteiger partial charge in [0.1, 0.15) is 6.33 Å². The van der Waals surface area contributed by atoms with Crippen LogP contribution < -0.4 is 5.32 Å². The maximum absolute atomic E-state index is 12.8. The Morgan fingerprint density at radius 1 is 1.27 bits per heavy atom. The van der Waals surface area contributed by atoms with Crippen LogP contribution in [0.3, 0.4) is 0 Å². The summed E-state index contributed by atoms with van der Waals surface area (Å²) in [5.41, 5.74) is -0.851. The van der Waals surface area contributed by atoms with E-state index in [1.54, 1.807) is 0 Å². The molecule has 0 radical (unpaired) electrons. The van der Waals surface area contributed by atoms with Gasteiger partial charge >= 0.3 is 6.18 Å². The summed E-state index contributed by atoms with van der Waals surface area (Å²) < 4.78 is 41.0. The third kappa shape index (κ3) is 2.50. The molecule has 7 nitrogen and oxygen atoms in total. The van der Waals surface area contributed by atoms with Gasteiger partial charge in [0, 0.05) is 19.4 Å². The maximum Gasteiger partial charge on any atom is 0.437 e. The molecule has 10 heteroatoms. The highest BCUT2D eigenvalue weighted by Gasteiger charge is 2.37. The van der Waals surface area contributed by atoms with E-state index in [0.29, 0.717) is 5.65 Å². The summed E-state index contributed by atoms with van der Waals surface area (Å²) in [6.07, 6.45) is -0.744. The molecule has 0 fully saturated rings. The number of nitrogens with one attached hydrogen (secondary N) is 1. The van der Waals surface area contributed by atoms with E-state index in [1.165, 1.54) is 36.1 Å². The number of nitrogens with zero attached hydrogens (tertiary/aromatic N) is 5. The van der Waals surface area contributed by atoms with Crippen molar-refractivity contribution >= 4 is 17.2 Å². The highest BCUT2D eigenvalue weighted by Crippen LogP contribution is 2.33. The van der Waals surface area contributed by atoms with Crippen molar-refractivity contribution in [2.75, 3.05) is 5.32 Å². The van der Waals surface area contributed by atoms with Crippen molar-refractivity contribution in [3.8, 4) is 0 Å². The Kier molecular flexibility index (Phi) is 3.08. The van der Waals surface area contributed by atoms with E-state index in [9.17, 15) is 18.0 Å². The molecule has 0 bridgehead atoms. The molecule has 0 unspecified atom stereocenters. The first-order chi connectivity index (χ1) is 10.3. The van der Waals surface area contributed by atoms with Gasteiger partial charge in [0.2, 0.25) is 0 Å². The lowest BCUT2D eigenvalue weighted by molar-refractivity contribution is -0.140. The second kappa shape index (κ2) is 4.83. The van der Waals surface area contributed by atoms with Crippen LogP contribution in [0.1, 0.15) is 16.1 Å². The van der Waals surface area contributed by atoms with E-state index in [0.717, 1.165) is 10.9 Å². The Balaban J connectivity index is 1.91. The summed E-state index contributed by atoms with van der Waals surface area (Å²) in [6.45, 7) is 0. The number of hydrogen-bond acceptors (Lipinski definition) is 4. The van der Waals surface area contributed by atoms with Crippen LogP contribution in [0.15, 0.2) is 30.9 Å². The fraction of sp³-hybridized carbons (Fsp3) is 0.167. The molecule has 0 saturated heterocycles. The number of aromatic nitrogens is 5. The molecule has 0 aliphatic rings. The van der Waals surface area contributed by atoms with Crippen LogP contribution in [0, 0.1) is 0 Å². The average Bonchev–Trinajstić information content (AvgIpc) is 3.03. The number of aryl methyl sites for hydroxylation is 1. The van der Waals surface area contributed by atoms with Gasteiger partial charge in [-0.05, 0) is 12.1 Å². The van der Waals surface area contributed by atoms with Crippen molar-refractivity contribution in [3.63, 3.8) is 0 Å². The minimum atomic E-state index is -4.65. The van der Waals surface area contributed by atoms with Crippen molar-refractivity contribution in [2.24, 2.45) is 7.05 Å². The number of hydrogen-bond donors (Lipinski definition) is 1. The van der Waals surface area contributed by atoms with Crippen LogP contribution >= 0.6 is 0 Å². The summed E-state index contributed by atoms with van der Waals surface area (Å²) >= 11 is 0. The average molecular weight is 310 g/mol. The first kappa shape index (κ1) is 14.0. The fourth-order valence-corrected chi connectivity index (χ4v) is 1.95. The zero-order valence-electron chi connectivity index (χ0n) is 11.2. The van der Waals surface area contributed by atoms with Gasteiger partial charge in [-0.3, -0.25) is 13.9 Å². The third-order valence-corrected chi connectivity index (χ3v) is 2.90. The van der Waals surface area contributed by atoms with Gasteiger partial charge in [-0.15, -0.1) is 10.2 Å². The van der Waals surface area contributed by atoms with Gasteiger partial charge in [-0.2, -0.15) is 18.3 Å². The van der Waals surface area contributed by atoms with Crippen molar-refractivity contribution in [1.29, 1.82) is 0 Å². The summed E-state index contributed by atoms with van der Waals surface area (Å²) in [5, 5.41) is 13.0. The van der Waals surface area contributed by atoms with E-state index in [1.807, 2.05) is 0 Å². The van der Waals surface area contributed by atoms with Crippen LogP contribution in [0.4, 0.5) is 18.9 Å². The van der Waals surface area contributed by atoms with E-state index >= 15 is 0 Å². The molecule has 1 N–H and O–H groups in total. The first-order valence-corrected chi connectivity index (χ1v) is 6.06. The number of halogens is 3. The number of alkyl halides is 3. The number of pyridine rings is 1. The summed E-state index contributed by atoms with van der Waals surface area (Å²) in [5.74, 6) is -0.686. The predicted octanol–water partition coefficient (Wildman–Crippen LogP) is 1.73. The molecule has 114 valence electrons. The maximum atomic E-state index is 12.8. The zero-order valence-corrected chi connectivity index (χ0v) is 11.2. The largest absolute Gasteiger partial charge is 0.437 e.